The number of rotatable bonds is 10. The Bertz CT molecular complexity index is 591. The molecule has 0 radical (unpaired) electrons. The lowest BCUT2D eigenvalue weighted by molar-refractivity contribution is -0.899. The van der Waals surface area contributed by atoms with E-state index < -0.39 is 0 Å². The monoisotopic (exact) mass is 379 g/mol. The van der Waals surface area contributed by atoms with Gasteiger partial charge >= 0.3 is 5.97 Å². The number of quaternary nitrogens is 1. The highest BCUT2D eigenvalue weighted by Gasteiger charge is 2.30. The number of esters is 1. The number of nitrogens with one attached hydrogen (secondary N) is 2. The molecule has 1 saturated heterocycles. The Balaban J connectivity index is 1.63. The van der Waals surface area contributed by atoms with Crippen LogP contribution in [0.25, 0.3) is 0 Å². The van der Waals surface area contributed by atoms with Gasteiger partial charge < -0.3 is 24.4 Å². The SMILES string of the molecule is CCOC(=O)[C@H]1CCC[NH+](CC(=O)NCCOc2ccc(OCC)cc2)C1. The fraction of sp³-hybridized carbons (Fsp3) is 0.600. The molecule has 1 unspecified atom stereocenters. The molecule has 2 rings (SSSR count). The quantitative estimate of drug-likeness (QED) is 0.456. The molecule has 1 aliphatic heterocycles. The molecule has 0 bridgehead atoms. The standard InChI is InChI=1S/C20H30N2O5/c1-3-25-17-7-9-18(10-8-17)27-13-11-21-19(23)15-22-12-5-6-16(14-22)20(24)26-4-2/h7-10,16H,3-6,11-15H2,1-2H3,(H,21,23)/p+1/t16-/m0/s1. The molecule has 150 valence electrons. The summed E-state index contributed by atoms with van der Waals surface area (Å²) >= 11 is 0. The number of likely N-dealkylation sites (tertiary alicyclic amines) is 1. The van der Waals surface area contributed by atoms with E-state index in [0.29, 0.717) is 39.5 Å². The lowest BCUT2D eigenvalue weighted by Crippen LogP contribution is -3.14. The van der Waals surface area contributed by atoms with Crippen molar-refractivity contribution in [3.05, 3.63) is 24.3 Å². The summed E-state index contributed by atoms with van der Waals surface area (Å²) in [6, 6.07) is 7.41. The molecule has 1 fully saturated rings. The van der Waals surface area contributed by atoms with Gasteiger partial charge in [0.2, 0.25) is 0 Å². The van der Waals surface area contributed by atoms with Crippen LogP contribution in [0.2, 0.25) is 0 Å². The number of piperidine rings is 1. The zero-order chi connectivity index (χ0) is 19.5. The lowest BCUT2D eigenvalue weighted by Gasteiger charge is -2.28. The maximum Gasteiger partial charge on any atom is 0.314 e. The second-order valence-corrected chi connectivity index (χ2v) is 6.57. The molecule has 1 aromatic carbocycles. The maximum atomic E-state index is 12.1. The third kappa shape index (κ3) is 7.46. The Morgan fingerprint density at radius 1 is 1.11 bits per heavy atom. The van der Waals surface area contributed by atoms with Gasteiger partial charge in [-0.05, 0) is 51.0 Å². The van der Waals surface area contributed by atoms with Crippen LogP contribution in [0.1, 0.15) is 26.7 Å². The Morgan fingerprint density at radius 3 is 2.48 bits per heavy atom. The van der Waals surface area contributed by atoms with Crippen molar-refractivity contribution in [2.24, 2.45) is 5.92 Å². The average molecular weight is 379 g/mol. The van der Waals surface area contributed by atoms with Gasteiger partial charge in [-0.25, -0.2) is 0 Å². The minimum absolute atomic E-state index is 0.0233. The molecule has 27 heavy (non-hydrogen) atoms. The number of benzene rings is 1. The van der Waals surface area contributed by atoms with Gasteiger partial charge in [0.1, 0.15) is 24.0 Å². The highest BCUT2D eigenvalue weighted by molar-refractivity contribution is 5.77. The topological polar surface area (TPSA) is 78.3 Å². The van der Waals surface area contributed by atoms with Gasteiger partial charge in [-0.2, -0.15) is 0 Å². The number of hydrogen-bond acceptors (Lipinski definition) is 5. The van der Waals surface area contributed by atoms with E-state index in [2.05, 4.69) is 5.32 Å². The van der Waals surface area contributed by atoms with E-state index in [1.54, 1.807) is 0 Å². The van der Waals surface area contributed by atoms with Crippen LogP contribution in [0.4, 0.5) is 0 Å². The highest BCUT2D eigenvalue weighted by Crippen LogP contribution is 2.17. The van der Waals surface area contributed by atoms with Crippen molar-refractivity contribution in [1.29, 1.82) is 0 Å². The van der Waals surface area contributed by atoms with Crippen molar-refractivity contribution in [1.82, 2.24) is 5.32 Å². The van der Waals surface area contributed by atoms with Crippen molar-refractivity contribution in [2.45, 2.75) is 26.7 Å². The molecular formula is C20H31N2O5+. The van der Waals surface area contributed by atoms with Crippen LogP contribution in [-0.4, -0.2) is 57.9 Å². The Morgan fingerprint density at radius 2 is 1.81 bits per heavy atom. The summed E-state index contributed by atoms with van der Waals surface area (Å²) in [6.07, 6.45) is 1.78. The van der Waals surface area contributed by atoms with E-state index in [1.807, 2.05) is 38.1 Å². The summed E-state index contributed by atoms with van der Waals surface area (Å²) in [6.45, 7) is 7.58. The molecule has 2 N–H and O–H groups in total. The smallest absolute Gasteiger partial charge is 0.314 e. The number of carbonyl (C=O) groups excluding carboxylic acids is 2. The van der Waals surface area contributed by atoms with Crippen molar-refractivity contribution in [3.8, 4) is 11.5 Å². The molecule has 1 aliphatic rings. The van der Waals surface area contributed by atoms with Gasteiger partial charge in [-0.3, -0.25) is 9.59 Å². The van der Waals surface area contributed by atoms with Crippen LogP contribution < -0.4 is 19.7 Å². The molecule has 1 aromatic rings. The summed E-state index contributed by atoms with van der Waals surface area (Å²) in [5.74, 6) is 1.29. The van der Waals surface area contributed by atoms with Crippen molar-refractivity contribution in [2.75, 3.05) is 46.0 Å². The van der Waals surface area contributed by atoms with Crippen LogP contribution >= 0.6 is 0 Å². The Hall–Kier alpha value is -2.28. The molecular weight excluding hydrogens is 348 g/mol. The predicted molar refractivity (Wildman–Crippen MR) is 101 cm³/mol. The van der Waals surface area contributed by atoms with E-state index in [-0.39, 0.29) is 17.8 Å². The summed E-state index contributed by atoms with van der Waals surface area (Å²) in [4.78, 5) is 25.1. The highest BCUT2D eigenvalue weighted by atomic mass is 16.5. The number of amides is 1. The van der Waals surface area contributed by atoms with Crippen LogP contribution in [0.3, 0.4) is 0 Å². The first-order valence-electron chi connectivity index (χ1n) is 9.75. The van der Waals surface area contributed by atoms with E-state index in [0.717, 1.165) is 35.8 Å². The number of ether oxygens (including phenoxy) is 3. The summed E-state index contributed by atoms with van der Waals surface area (Å²) < 4.78 is 16.1. The molecule has 2 atom stereocenters. The van der Waals surface area contributed by atoms with Crippen LogP contribution in [0.15, 0.2) is 24.3 Å². The summed E-state index contributed by atoms with van der Waals surface area (Å²) in [5, 5.41) is 2.88. The average Bonchev–Trinajstić information content (AvgIpc) is 2.67. The van der Waals surface area contributed by atoms with Crippen molar-refractivity contribution < 1.29 is 28.7 Å². The third-order valence-electron chi connectivity index (χ3n) is 4.48. The first-order chi connectivity index (χ1) is 13.1. The van der Waals surface area contributed by atoms with Crippen LogP contribution in [-0.2, 0) is 14.3 Å². The zero-order valence-electron chi connectivity index (χ0n) is 16.3. The van der Waals surface area contributed by atoms with Gasteiger partial charge in [-0.15, -0.1) is 0 Å². The molecule has 7 heteroatoms. The fourth-order valence-corrected chi connectivity index (χ4v) is 3.22. The van der Waals surface area contributed by atoms with Crippen molar-refractivity contribution >= 4 is 11.9 Å². The molecule has 1 heterocycles. The third-order valence-corrected chi connectivity index (χ3v) is 4.48. The first-order valence-corrected chi connectivity index (χ1v) is 9.75. The minimum Gasteiger partial charge on any atom is -0.494 e. The molecule has 0 spiro atoms. The second-order valence-electron chi connectivity index (χ2n) is 6.57. The first kappa shape index (κ1) is 21.0. The van der Waals surface area contributed by atoms with Crippen LogP contribution in [0, 0.1) is 5.92 Å². The van der Waals surface area contributed by atoms with Gasteiger partial charge in [0.25, 0.3) is 5.91 Å². The normalized spacial score (nSPS) is 19.2. The molecule has 1 amide bonds. The lowest BCUT2D eigenvalue weighted by atomic mass is 9.98. The van der Waals surface area contributed by atoms with Gasteiger partial charge in [0.15, 0.2) is 6.54 Å². The molecule has 7 nitrogen and oxygen atoms in total. The van der Waals surface area contributed by atoms with Crippen LogP contribution in [0.5, 0.6) is 11.5 Å². The van der Waals surface area contributed by atoms with E-state index in [4.69, 9.17) is 14.2 Å². The number of carbonyl (C=O) groups is 2. The van der Waals surface area contributed by atoms with Crippen molar-refractivity contribution in [3.63, 3.8) is 0 Å². The van der Waals surface area contributed by atoms with E-state index >= 15 is 0 Å². The fourth-order valence-electron chi connectivity index (χ4n) is 3.22. The Labute approximate surface area is 161 Å². The predicted octanol–water partition coefficient (Wildman–Crippen LogP) is 0.438. The van der Waals surface area contributed by atoms with Gasteiger partial charge in [0, 0.05) is 0 Å². The molecule has 0 saturated carbocycles. The Kier molecular flexibility index (Phi) is 8.91. The largest absolute Gasteiger partial charge is 0.494 e. The maximum absolute atomic E-state index is 12.1. The summed E-state index contributed by atoms with van der Waals surface area (Å²) in [7, 11) is 0. The van der Waals surface area contributed by atoms with Gasteiger partial charge in [-0.1, -0.05) is 0 Å². The molecule has 0 aromatic heterocycles. The zero-order valence-corrected chi connectivity index (χ0v) is 16.3. The molecule has 0 aliphatic carbocycles. The number of hydrogen-bond donors (Lipinski definition) is 2. The summed E-state index contributed by atoms with van der Waals surface area (Å²) in [5.41, 5.74) is 0. The minimum atomic E-state index is -0.140. The second kappa shape index (κ2) is 11.4. The van der Waals surface area contributed by atoms with Gasteiger partial charge in [0.05, 0.1) is 32.8 Å². The van der Waals surface area contributed by atoms with E-state index in [1.165, 1.54) is 0 Å². The van der Waals surface area contributed by atoms with E-state index in [9.17, 15) is 9.59 Å².